The van der Waals surface area contributed by atoms with Gasteiger partial charge in [-0.2, -0.15) is 0 Å². The first-order valence-corrected chi connectivity index (χ1v) is 6.72. The molecule has 2 nitrogen and oxygen atoms in total. The van der Waals surface area contributed by atoms with Crippen molar-refractivity contribution in [2.75, 3.05) is 13.2 Å². The third kappa shape index (κ3) is 4.96. The van der Waals surface area contributed by atoms with E-state index >= 15 is 0 Å². The van der Waals surface area contributed by atoms with Gasteiger partial charge in [0.1, 0.15) is 0 Å². The van der Waals surface area contributed by atoms with Crippen LogP contribution in [0.15, 0.2) is 0 Å². The summed E-state index contributed by atoms with van der Waals surface area (Å²) in [4.78, 5) is 0. The van der Waals surface area contributed by atoms with Crippen LogP contribution in [0.25, 0.3) is 0 Å². The van der Waals surface area contributed by atoms with E-state index in [2.05, 4.69) is 20.0 Å². The molecule has 10 heavy (non-hydrogen) atoms. The van der Waals surface area contributed by atoms with Crippen LogP contribution in [0.5, 0.6) is 0 Å². The topological polar surface area (TPSA) is 18.5 Å². The summed E-state index contributed by atoms with van der Waals surface area (Å²) in [6.07, 6.45) is 1.07. The fourth-order valence-electron chi connectivity index (χ4n) is 0.737. The van der Waals surface area contributed by atoms with Crippen molar-refractivity contribution in [1.82, 2.24) is 0 Å². The monoisotopic (exact) mass is 162 g/mol. The van der Waals surface area contributed by atoms with Crippen molar-refractivity contribution in [2.45, 2.75) is 33.4 Å². The van der Waals surface area contributed by atoms with Crippen LogP contribution in [0.1, 0.15) is 20.3 Å². The van der Waals surface area contributed by atoms with Crippen molar-refractivity contribution >= 4 is 8.56 Å². The smallest absolute Gasteiger partial charge is 0.331 e. The summed E-state index contributed by atoms with van der Waals surface area (Å²) in [5.41, 5.74) is 0. The Hall–Kier alpha value is 0.137. The maximum absolute atomic E-state index is 5.54. The summed E-state index contributed by atoms with van der Waals surface area (Å²) in [5.74, 6) is 0. The van der Waals surface area contributed by atoms with Gasteiger partial charge in [-0.3, -0.25) is 0 Å². The Morgan fingerprint density at radius 3 is 2.10 bits per heavy atom. The van der Waals surface area contributed by atoms with Gasteiger partial charge in [-0.1, -0.05) is 6.92 Å². The summed E-state index contributed by atoms with van der Waals surface area (Å²) in [6.45, 7) is 9.86. The highest BCUT2D eigenvalue weighted by Gasteiger charge is 2.22. The molecule has 62 valence electrons. The zero-order valence-electron chi connectivity index (χ0n) is 7.44. The van der Waals surface area contributed by atoms with Gasteiger partial charge in [-0.25, -0.2) is 0 Å². The molecular formula is C7H18O2Si. The van der Waals surface area contributed by atoms with Gasteiger partial charge in [-0.15, -0.1) is 0 Å². The first-order valence-electron chi connectivity index (χ1n) is 3.90. The van der Waals surface area contributed by atoms with E-state index in [1.54, 1.807) is 0 Å². The number of rotatable bonds is 5. The highest BCUT2D eigenvalue weighted by molar-refractivity contribution is 6.64. The van der Waals surface area contributed by atoms with E-state index in [-0.39, 0.29) is 0 Å². The molecule has 0 radical (unpaired) electrons. The summed E-state index contributed by atoms with van der Waals surface area (Å²) in [7, 11) is -1.72. The molecule has 0 bridgehead atoms. The summed E-state index contributed by atoms with van der Waals surface area (Å²) in [6, 6.07) is 0. The zero-order valence-corrected chi connectivity index (χ0v) is 8.44. The molecule has 0 rings (SSSR count). The third-order valence-corrected chi connectivity index (χ3v) is 3.03. The maximum atomic E-state index is 5.54. The highest BCUT2D eigenvalue weighted by Crippen LogP contribution is 2.05. The average molecular weight is 162 g/mol. The van der Waals surface area contributed by atoms with Gasteiger partial charge >= 0.3 is 8.56 Å². The third-order valence-electron chi connectivity index (χ3n) is 1.15. The van der Waals surface area contributed by atoms with Crippen LogP contribution < -0.4 is 0 Å². The Bertz CT molecular complexity index is 83.7. The fraction of sp³-hybridized carbons (Fsp3) is 1.00. The molecule has 0 unspecified atom stereocenters. The van der Waals surface area contributed by atoms with E-state index in [4.69, 9.17) is 8.85 Å². The molecule has 0 atom stereocenters. The van der Waals surface area contributed by atoms with Crippen LogP contribution in [0, 0.1) is 0 Å². The molecule has 0 saturated carbocycles. The fourth-order valence-corrected chi connectivity index (χ4v) is 2.21. The van der Waals surface area contributed by atoms with E-state index in [0.29, 0.717) is 0 Å². The largest absolute Gasteiger partial charge is 0.395 e. The molecule has 0 aliphatic heterocycles. The lowest BCUT2D eigenvalue weighted by Crippen LogP contribution is -2.34. The van der Waals surface area contributed by atoms with Gasteiger partial charge < -0.3 is 8.85 Å². The predicted molar refractivity (Wildman–Crippen MR) is 45.4 cm³/mol. The van der Waals surface area contributed by atoms with E-state index < -0.39 is 8.56 Å². The van der Waals surface area contributed by atoms with Crippen LogP contribution in [-0.2, 0) is 8.85 Å². The summed E-state index contributed by atoms with van der Waals surface area (Å²) in [5, 5.41) is 0. The molecule has 0 heterocycles. The van der Waals surface area contributed by atoms with Crippen LogP contribution in [0.3, 0.4) is 0 Å². The maximum Gasteiger partial charge on any atom is 0.331 e. The molecule has 0 aliphatic carbocycles. The molecule has 0 aliphatic rings. The van der Waals surface area contributed by atoms with Crippen molar-refractivity contribution in [2.24, 2.45) is 0 Å². The quantitative estimate of drug-likeness (QED) is 0.577. The van der Waals surface area contributed by atoms with Gasteiger partial charge in [-0.05, 0) is 26.4 Å². The molecule has 0 N–H and O–H groups in total. The molecule has 3 heteroatoms. The predicted octanol–water partition coefficient (Wildman–Crippen LogP) is 2.15. The van der Waals surface area contributed by atoms with Crippen LogP contribution in [-0.4, -0.2) is 21.8 Å². The highest BCUT2D eigenvalue weighted by atomic mass is 28.4. The second-order valence-electron chi connectivity index (χ2n) is 2.68. The number of hydrogen-bond donors (Lipinski definition) is 0. The lowest BCUT2D eigenvalue weighted by atomic mass is 10.5. The molecule has 0 fully saturated rings. The lowest BCUT2D eigenvalue weighted by Gasteiger charge is -2.21. The normalized spacial score (nSPS) is 12.0. The Morgan fingerprint density at radius 1 is 1.10 bits per heavy atom. The zero-order chi connectivity index (χ0) is 8.04. The first-order chi connectivity index (χ1) is 4.62. The standard InChI is InChI=1S/C7H18O2Si/c1-5-7-9-10(3,4)8-6-2/h5-7H2,1-4H3. The minimum Gasteiger partial charge on any atom is -0.395 e. The molecule has 0 aromatic rings. The van der Waals surface area contributed by atoms with Crippen LogP contribution >= 0.6 is 0 Å². The summed E-state index contributed by atoms with van der Waals surface area (Å²) >= 11 is 0. The van der Waals surface area contributed by atoms with Gasteiger partial charge in [0.15, 0.2) is 0 Å². The minimum absolute atomic E-state index is 0.767. The van der Waals surface area contributed by atoms with Gasteiger partial charge in [0.05, 0.1) is 0 Å². The Morgan fingerprint density at radius 2 is 1.70 bits per heavy atom. The molecule has 0 amide bonds. The van der Waals surface area contributed by atoms with Crippen molar-refractivity contribution < 1.29 is 8.85 Å². The van der Waals surface area contributed by atoms with E-state index in [9.17, 15) is 0 Å². The van der Waals surface area contributed by atoms with Gasteiger partial charge in [0.2, 0.25) is 0 Å². The van der Waals surface area contributed by atoms with E-state index in [1.807, 2.05) is 6.92 Å². The molecule has 0 aromatic heterocycles. The SMILES string of the molecule is CCCO[Si](C)(C)OCC. The average Bonchev–Trinajstić information content (AvgIpc) is 1.84. The second-order valence-corrected chi connectivity index (χ2v) is 6.06. The van der Waals surface area contributed by atoms with E-state index in [1.165, 1.54) is 0 Å². The molecule has 0 saturated heterocycles. The Labute approximate surface area is 64.8 Å². The first kappa shape index (κ1) is 10.1. The van der Waals surface area contributed by atoms with Crippen LogP contribution in [0.2, 0.25) is 13.1 Å². The lowest BCUT2D eigenvalue weighted by molar-refractivity contribution is 0.187. The second kappa shape index (κ2) is 4.88. The Kier molecular flexibility index (Phi) is 4.94. The molecule has 0 spiro atoms. The molecular weight excluding hydrogens is 144 g/mol. The molecule has 0 aromatic carbocycles. The number of hydrogen-bond acceptors (Lipinski definition) is 2. The van der Waals surface area contributed by atoms with Crippen LogP contribution in [0.4, 0.5) is 0 Å². The van der Waals surface area contributed by atoms with Crippen molar-refractivity contribution in [3.05, 3.63) is 0 Å². The van der Waals surface area contributed by atoms with Gasteiger partial charge in [0, 0.05) is 13.2 Å². The van der Waals surface area contributed by atoms with Crippen molar-refractivity contribution in [3.8, 4) is 0 Å². The van der Waals surface area contributed by atoms with Crippen molar-refractivity contribution in [3.63, 3.8) is 0 Å². The summed E-state index contributed by atoms with van der Waals surface area (Å²) < 4.78 is 11.0. The van der Waals surface area contributed by atoms with Gasteiger partial charge in [0.25, 0.3) is 0 Å². The minimum atomic E-state index is -1.72. The van der Waals surface area contributed by atoms with E-state index in [0.717, 1.165) is 19.6 Å². The Balaban J connectivity index is 3.42. The van der Waals surface area contributed by atoms with Crippen molar-refractivity contribution in [1.29, 1.82) is 0 Å².